The van der Waals surface area contributed by atoms with Crippen LogP contribution in [0.1, 0.15) is 5.56 Å². The van der Waals surface area contributed by atoms with Crippen molar-refractivity contribution >= 4 is 43.5 Å². The Morgan fingerprint density at radius 3 is 1.71 bits per heavy atom. The lowest BCUT2D eigenvalue weighted by atomic mass is 9.85. The third-order valence-electron chi connectivity index (χ3n) is 6.91. The molecule has 0 saturated carbocycles. The van der Waals surface area contributed by atoms with Crippen LogP contribution in [-0.2, 0) is 0 Å². The molecule has 0 aliphatic heterocycles. The van der Waals surface area contributed by atoms with Crippen LogP contribution in [0.4, 0.5) is 0 Å². The van der Waals surface area contributed by atoms with Crippen molar-refractivity contribution in [2.75, 3.05) is 0 Å². The number of hydrogen-bond donors (Lipinski definition) is 0. The normalized spacial score (nSPS) is 11.4. The lowest BCUT2D eigenvalue weighted by Gasteiger charge is -2.18. The van der Waals surface area contributed by atoms with Crippen LogP contribution in [0.15, 0.2) is 120 Å². The fourth-order valence-electron chi connectivity index (χ4n) is 5.41. The summed E-state index contributed by atoms with van der Waals surface area (Å²) in [4.78, 5) is 0. The first-order valence-electron chi connectivity index (χ1n) is 11.7. The van der Waals surface area contributed by atoms with Gasteiger partial charge in [-0.25, -0.2) is 0 Å². The molecule has 1 aromatic heterocycles. The van der Waals surface area contributed by atoms with Crippen LogP contribution < -0.4 is 0 Å². The molecule has 0 bridgehead atoms. The summed E-state index contributed by atoms with van der Waals surface area (Å²) in [7, 11) is 0. The predicted molar refractivity (Wildman–Crippen MR) is 144 cm³/mol. The molecule has 2 heteroatoms. The van der Waals surface area contributed by atoms with E-state index in [0.717, 1.165) is 49.4 Å². The Hall–Kier alpha value is -4.87. The Labute approximate surface area is 202 Å². The topological polar surface area (TPSA) is 36.9 Å². The Morgan fingerprint density at radius 1 is 0.486 bits per heavy atom. The second kappa shape index (κ2) is 7.58. The molecular weight excluding hydrogens is 426 g/mol. The molecule has 0 saturated heterocycles. The van der Waals surface area contributed by atoms with E-state index in [-0.39, 0.29) is 0 Å². The fraction of sp³-hybridized carbons (Fsp3) is 0. The van der Waals surface area contributed by atoms with Crippen molar-refractivity contribution in [3.63, 3.8) is 0 Å². The molecule has 162 valence electrons. The maximum absolute atomic E-state index is 9.86. The number of nitriles is 1. The third kappa shape index (κ3) is 2.89. The number of para-hydroxylation sites is 1. The summed E-state index contributed by atoms with van der Waals surface area (Å²) < 4.78 is 6.09. The largest absolute Gasteiger partial charge is 0.456 e. The van der Waals surface area contributed by atoms with Gasteiger partial charge in [-0.05, 0) is 62.5 Å². The van der Waals surface area contributed by atoms with Crippen molar-refractivity contribution in [2.24, 2.45) is 0 Å². The molecule has 1 heterocycles. The van der Waals surface area contributed by atoms with Crippen molar-refractivity contribution in [3.05, 3.63) is 121 Å². The van der Waals surface area contributed by atoms with Crippen LogP contribution in [0, 0.1) is 11.3 Å². The van der Waals surface area contributed by atoms with Crippen LogP contribution in [0.3, 0.4) is 0 Å². The van der Waals surface area contributed by atoms with Crippen molar-refractivity contribution in [2.45, 2.75) is 0 Å². The van der Waals surface area contributed by atoms with E-state index in [0.29, 0.717) is 5.56 Å². The van der Waals surface area contributed by atoms with Gasteiger partial charge in [-0.2, -0.15) is 5.26 Å². The summed E-state index contributed by atoms with van der Waals surface area (Å²) in [5, 5.41) is 16.7. The maximum atomic E-state index is 9.86. The molecule has 0 unspecified atom stereocenters. The molecule has 0 aliphatic carbocycles. The lowest BCUT2D eigenvalue weighted by Crippen LogP contribution is -1.92. The quantitative estimate of drug-likeness (QED) is 0.249. The van der Waals surface area contributed by atoms with E-state index >= 15 is 0 Å². The molecule has 7 rings (SSSR count). The van der Waals surface area contributed by atoms with E-state index in [1.54, 1.807) is 0 Å². The first-order valence-corrected chi connectivity index (χ1v) is 11.7. The number of nitrogens with zero attached hydrogens (tertiary/aromatic N) is 1. The van der Waals surface area contributed by atoms with Crippen LogP contribution in [-0.4, -0.2) is 0 Å². The van der Waals surface area contributed by atoms with Gasteiger partial charge >= 0.3 is 0 Å². The SMILES string of the molecule is N#Cc1ccccc1-c1c2ccccc2c(-c2ccc3oc4ccccc4c3c2)c2ccccc12. The molecule has 0 N–H and O–H groups in total. The van der Waals surface area contributed by atoms with Gasteiger partial charge in [0.1, 0.15) is 11.2 Å². The first-order chi connectivity index (χ1) is 17.3. The van der Waals surface area contributed by atoms with Crippen LogP contribution in [0.5, 0.6) is 0 Å². The third-order valence-corrected chi connectivity index (χ3v) is 6.91. The predicted octanol–water partition coefficient (Wildman–Crippen LogP) is 9.10. The van der Waals surface area contributed by atoms with Gasteiger partial charge in [0.15, 0.2) is 0 Å². The molecule has 0 amide bonds. The van der Waals surface area contributed by atoms with Crippen molar-refractivity contribution < 1.29 is 4.42 Å². The summed E-state index contributed by atoms with van der Waals surface area (Å²) in [5.41, 5.74) is 6.89. The van der Waals surface area contributed by atoms with Crippen molar-refractivity contribution in [1.29, 1.82) is 5.26 Å². The van der Waals surface area contributed by atoms with Crippen LogP contribution in [0.25, 0.3) is 65.7 Å². The van der Waals surface area contributed by atoms with E-state index < -0.39 is 0 Å². The van der Waals surface area contributed by atoms with Gasteiger partial charge in [-0.3, -0.25) is 0 Å². The monoisotopic (exact) mass is 445 g/mol. The Balaban J connectivity index is 1.64. The van der Waals surface area contributed by atoms with Crippen molar-refractivity contribution in [1.82, 2.24) is 0 Å². The highest BCUT2D eigenvalue weighted by molar-refractivity contribution is 6.22. The average Bonchev–Trinajstić information content (AvgIpc) is 3.29. The first kappa shape index (κ1) is 19.6. The zero-order chi connectivity index (χ0) is 23.4. The Bertz CT molecular complexity index is 1910. The second-order valence-electron chi connectivity index (χ2n) is 8.81. The minimum Gasteiger partial charge on any atom is -0.456 e. The molecule has 2 nitrogen and oxygen atoms in total. The smallest absolute Gasteiger partial charge is 0.135 e. The zero-order valence-corrected chi connectivity index (χ0v) is 18.8. The number of benzene rings is 6. The molecular formula is C33H19NO. The summed E-state index contributed by atoms with van der Waals surface area (Å²) in [6, 6.07) is 42.0. The average molecular weight is 446 g/mol. The second-order valence-corrected chi connectivity index (χ2v) is 8.81. The van der Waals surface area contributed by atoms with Gasteiger partial charge in [0, 0.05) is 16.3 Å². The Morgan fingerprint density at radius 2 is 1.03 bits per heavy atom. The van der Waals surface area contributed by atoms with E-state index in [1.807, 2.05) is 30.3 Å². The van der Waals surface area contributed by atoms with Crippen molar-refractivity contribution in [3.8, 4) is 28.3 Å². The molecule has 35 heavy (non-hydrogen) atoms. The van der Waals surface area contributed by atoms with E-state index in [1.165, 1.54) is 16.3 Å². The van der Waals surface area contributed by atoms with E-state index in [9.17, 15) is 5.26 Å². The summed E-state index contributed by atoms with van der Waals surface area (Å²) in [5.74, 6) is 0. The van der Waals surface area contributed by atoms with E-state index in [2.05, 4.69) is 91.0 Å². The molecule has 0 spiro atoms. The number of hydrogen-bond acceptors (Lipinski definition) is 2. The number of rotatable bonds is 2. The van der Waals surface area contributed by atoms with Crippen LogP contribution >= 0.6 is 0 Å². The standard InChI is InChI=1S/C33H19NO/c34-20-22-9-1-2-10-23(22)33-27-14-5-3-12-25(27)32(26-13-4-6-15-28(26)33)21-17-18-31-29(19-21)24-11-7-8-16-30(24)35-31/h1-19H. The highest BCUT2D eigenvalue weighted by Crippen LogP contribution is 2.45. The molecule has 0 fully saturated rings. The van der Waals surface area contributed by atoms with Gasteiger partial charge in [0.25, 0.3) is 0 Å². The molecule has 6 aromatic carbocycles. The zero-order valence-electron chi connectivity index (χ0n) is 18.8. The number of fused-ring (bicyclic) bond motifs is 5. The maximum Gasteiger partial charge on any atom is 0.135 e. The molecule has 0 radical (unpaired) electrons. The van der Waals surface area contributed by atoms with Gasteiger partial charge in [-0.1, -0.05) is 91.0 Å². The molecule has 0 aliphatic rings. The summed E-state index contributed by atoms with van der Waals surface area (Å²) in [6.45, 7) is 0. The number of furan rings is 1. The van der Waals surface area contributed by atoms with Gasteiger partial charge in [0.05, 0.1) is 11.6 Å². The summed E-state index contributed by atoms with van der Waals surface area (Å²) >= 11 is 0. The van der Waals surface area contributed by atoms with Gasteiger partial charge < -0.3 is 4.42 Å². The summed E-state index contributed by atoms with van der Waals surface area (Å²) in [6.07, 6.45) is 0. The molecule has 0 atom stereocenters. The highest BCUT2D eigenvalue weighted by atomic mass is 16.3. The minimum atomic E-state index is 0.682. The molecule has 7 aromatic rings. The van der Waals surface area contributed by atoms with Gasteiger partial charge in [-0.15, -0.1) is 0 Å². The van der Waals surface area contributed by atoms with E-state index in [4.69, 9.17) is 4.42 Å². The minimum absolute atomic E-state index is 0.682. The highest BCUT2D eigenvalue weighted by Gasteiger charge is 2.18. The van der Waals surface area contributed by atoms with Crippen LogP contribution in [0.2, 0.25) is 0 Å². The van der Waals surface area contributed by atoms with Gasteiger partial charge in [0.2, 0.25) is 0 Å². The fourth-order valence-corrected chi connectivity index (χ4v) is 5.41. The lowest BCUT2D eigenvalue weighted by molar-refractivity contribution is 0.669. The Kier molecular flexibility index (Phi) is 4.24.